The summed E-state index contributed by atoms with van der Waals surface area (Å²) in [5.74, 6) is -0.372. The Labute approximate surface area is 108 Å². The number of hydrogen-bond acceptors (Lipinski definition) is 5. The van der Waals surface area contributed by atoms with Gasteiger partial charge in [-0.05, 0) is 33.6 Å². The Hall–Kier alpha value is -1.30. The van der Waals surface area contributed by atoms with Crippen molar-refractivity contribution in [2.45, 2.75) is 45.3 Å². The molecule has 6 heteroatoms. The molecule has 0 aromatic heterocycles. The van der Waals surface area contributed by atoms with Crippen molar-refractivity contribution in [1.82, 2.24) is 4.90 Å². The lowest BCUT2D eigenvalue weighted by atomic mass is 10.2. The van der Waals surface area contributed by atoms with Crippen molar-refractivity contribution < 1.29 is 24.2 Å². The van der Waals surface area contributed by atoms with Crippen LogP contribution in [-0.2, 0) is 14.3 Å². The van der Waals surface area contributed by atoms with Gasteiger partial charge in [-0.25, -0.2) is 9.59 Å². The highest BCUT2D eigenvalue weighted by Gasteiger charge is 2.37. The van der Waals surface area contributed by atoms with Crippen molar-refractivity contribution in [3.63, 3.8) is 0 Å². The minimum absolute atomic E-state index is 0.372. The summed E-state index contributed by atoms with van der Waals surface area (Å²) in [7, 11) is 2.33. The van der Waals surface area contributed by atoms with E-state index in [-0.39, 0.29) is 5.97 Å². The smallest absolute Gasteiger partial charge is 0.411 e. The van der Waals surface area contributed by atoms with E-state index in [9.17, 15) is 9.59 Å². The Kier molecular flexibility index (Phi) is 6.68. The lowest BCUT2D eigenvalue weighted by Gasteiger charge is -2.27. The van der Waals surface area contributed by atoms with Gasteiger partial charge < -0.3 is 14.6 Å². The number of aliphatic hydroxyl groups excluding tert-OH is 1. The number of esters is 1. The first kappa shape index (κ1) is 16.7. The van der Waals surface area contributed by atoms with Gasteiger partial charge in [0.05, 0.1) is 7.11 Å². The summed E-state index contributed by atoms with van der Waals surface area (Å²) in [6.45, 7) is 5.95. The Morgan fingerprint density at radius 1 is 1.28 bits per heavy atom. The van der Waals surface area contributed by atoms with Crippen molar-refractivity contribution in [2.75, 3.05) is 20.8 Å². The van der Waals surface area contributed by atoms with Gasteiger partial charge in [-0.3, -0.25) is 4.90 Å². The Morgan fingerprint density at radius 3 is 2.28 bits per heavy atom. The van der Waals surface area contributed by atoms with Crippen molar-refractivity contribution in [2.24, 2.45) is 0 Å². The topological polar surface area (TPSA) is 76.1 Å². The average molecular weight is 261 g/mol. The number of carbonyl (C=O) groups excluding carboxylic acids is 2. The maximum Gasteiger partial charge on any atom is 0.411 e. The summed E-state index contributed by atoms with van der Waals surface area (Å²) in [6.07, 6.45) is 1.01. The molecular weight excluding hydrogens is 238 g/mol. The van der Waals surface area contributed by atoms with Crippen LogP contribution in [0.4, 0.5) is 4.79 Å². The third-order valence-electron chi connectivity index (χ3n) is 2.35. The van der Waals surface area contributed by atoms with Gasteiger partial charge in [0.1, 0.15) is 11.6 Å². The average Bonchev–Trinajstić information content (AvgIpc) is 2.77. The summed E-state index contributed by atoms with van der Waals surface area (Å²) in [5, 5.41) is 7.00. The molecule has 1 amide bonds. The number of likely N-dealkylation sites (tertiary alicyclic amines) is 1. The van der Waals surface area contributed by atoms with E-state index in [4.69, 9.17) is 9.84 Å². The molecule has 1 fully saturated rings. The molecule has 1 rings (SSSR count). The van der Waals surface area contributed by atoms with Crippen LogP contribution in [0, 0.1) is 0 Å². The number of methoxy groups -OCH3 is 1. The van der Waals surface area contributed by atoms with Gasteiger partial charge in [0, 0.05) is 13.7 Å². The highest BCUT2D eigenvalue weighted by molar-refractivity contribution is 5.82. The summed E-state index contributed by atoms with van der Waals surface area (Å²) >= 11 is 0. The zero-order valence-corrected chi connectivity index (χ0v) is 11.7. The maximum atomic E-state index is 11.8. The normalized spacial score (nSPS) is 18.8. The highest BCUT2D eigenvalue weighted by atomic mass is 16.6. The van der Waals surface area contributed by atoms with Gasteiger partial charge in [-0.2, -0.15) is 0 Å². The monoisotopic (exact) mass is 261 g/mol. The molecule has 0 saturated carbocycles. The highest BCUT2D eigenvalue weighted by Crippen LogP contribution is 2.21. The van der Waals surface area contributed by atoms with Crippen molar-refractivity contribution in [3.8, 4) is 0 Å². The molecule has 6 nitrogen and oxygen atoms in total. The Morgan fingerprint density at radius 2 is 1.83 bits per heavy atom. The third-order valence-corrected chi connectivity index (χ3v) is 2.35. The standard InChI is InChI=1S/C11H19NO4.CH4O/c1-11(2,3)16-10(14)12-7-5-6-8(12)9(13)15-4;1-2/h8H,5-7H2,1-4H3;2H,1H3/t8-;/m0./s1. The lowest BCUT2D eigenvalue weighted by Crippen LogP contribution is -2.43. The first-order valence-corrected chi connectivity index (χ1v) is 5.87. The largest absolute Gasteiger partial charge is 0.467 e. The summed E-state index contributed by atoms with van der Waals surface area (Å²) < 4.78 is 9.88. The van der Waals surface area contributed by atoms with Crippen LogP contribution >= 0.6 is 0 Å². The maximum absolute atomic E-state index is 11.8. The number of carbonyl (C=O) groups is 2. The zero-order valence-electron chi connectivity index (χ0n) is 11.7. The van der Waals surface area contributed by atoms with E-state index in [2.05, 4.69) is 4.74 Å². The molecule has 0 aliphatic carbocycles. The van der Waals surface area contributed by atoms with E-state index in [1.54, 1.807) is 20.8 Å². The molecule has 0 spiro atoms. The Balaban J connectivity index is 0.00000137. The van der Waals surface area contributed by atoms with Gasteiger partial charge >= 0.3 is 12.1 Å². The van der Waals surface area contributed by atoms with Crippen LogP contribution in [0.5, 0.6) is 0 Å². The number of ether oxygens (including phenoxy) is 2. The Bertz CT molecular complexity index is 285. The first-order valence-electron chi connectivity index (χ1n) is 5.87. The SMILES string of the molecule is CO.COC(=O)[C@@H]1CCCN1C(=O)OC(C)(C)C. The second-order valence-electron chi connectivity index (χ2n) is 4.85. The van der Waals surface area contributed by atoms with Crippen LogP contribution in [0.15, 0.2) is 0 Å². The van der Waals surface area contributed by atoms with Crippen molar-refractivity contribution in [3.05, 3.63) is 0 Å². The quantitative estimate of drug-likeness (QED) is 0.717. The zero-order chi connectivity index (χ0) is 14.3. The van der Waals surface area contributed by atoms with Crippen LogP contribution in [0.3, 0.4) is 0 Å². The minimum Gasteiger partial charge on any atom is -0.467 e. The van der Waals surface area contributed by atoms with Crippen LogP contribution < -0.4 is 0 Å². The number of rotatable bonds is 1. The molecule has 106 valence electrons. The second kappa shape index (κ2) is 7.20. The molecule has 1 aliphatic rings. The fourth-order valence-corrected chi connectivity index (χ4v) is 1.69. The fraction of sp³-hybridized carbons (Fsp3) is 0.833. The van der Waals surface area contributed by atoms with Gasteiger partial charge in [-0.1, -0.05) is 0 Å². The van der Waals surface area contributed by atoms with E-state index in [1.807, 2.05) is 0 Å². The fourth-order valence-electron chi connectivity index (χ4n) is 1.69. The molecule has 0 unspecified atom stereocenters. The van der Waals surface area contributed by atoms with Gasteiger partial charge in [-0.15, -0.1) is 0 Å². The second-order valence-corrected chi connectivity index (χ2v) is 4.85. The molecule has 1 aliphatic heterocycles. The van der Waals surface area contributed by atoms with Crippen LogP contribution in [0.25, 0.3) is 0 Å². The number of amides is 1. The van der Waals surface area contributed by atoms with E-state index in [0.29, 0.717) is 13.0 Å². The van der Waals surface area contributed by atoms with E-state index >= 15 is 0 Å². The molecule has 1 saturated heterocycles. The molecule has 1 N–H and O–H groups in total. The van der Waals surface area contributed by atoms with Crippen LogP contribution in [0.2, 0.25) is 0 Å². The molecule has 0 aromatic rings. The molecule has 0 bridgehead atoms. The van der Waals surface area contributed by atoms with Crippen LogP contribution in [0.1, 0.15) is 33.6 Å². The lowest BCUT2D eigenvalue weighted by molar-refractivity contribution is -0.145. The predicted molar refractivity (Wildman–Crippen MR) is 66.1 cm³/mol. The van der Waals surface area contributed by atoms with E-state index < -0.39 is 17.7 Å². The molecule has 1 atom stereocenters. The summed E-state index contributed by atoms with van der Waals surface area (Å²) in [6, 6.07) is -0.486. The third kappa shape index (κ3) is 4.91. The van der Waals surface area contributed by atoms with Gasteiger partial charge in [0.15, 0.2) is 0 Å². The van der Waals surface area contributed by atoms with Gasteiger partial charge in [0.2, 0.25) is 0 Å². The van der Waals surface area contributed by atoms with Gasteiger partial charge in [0.25, 0.3) is 0 Å². The summed E-state index contributed by atoms with van der Waals surface area (Å²) in [4.78, 5) is 24.7. The molecule has 18 heavy (non-hydrogen) atoms. The number of nitrogens with zero attached hydrogens (tertiary/aromatic N) is 1. The van der Waals surface area contributed by atoms with E-state index in [1.165, 1.54) is 12.0 Å². The van der Waals surface area contributed by atoms with Crippen LogP contribution in [-0.4, -0.2) is 54.5 Å². The van der Waals surface area contributed by atoms with E-state index in [0.717, 1.165) is 13.5 Å². The predicted octanol–water partition coefficient (Wildman–Crippen LogP) is 1.17. The molecule has 0 radical (unpaired) electrons. The number of aliphatic hydroxyl groups is 1. The van der Waals surface area contributed by atoms with Crippen molar-refractivity contribution in [1.29, 1.82) is 0 Å². The first-order chi connectivity index (χ1) is 8.35. The number of hydrogen-bond donors (Lipinski definition) is 1. The minimum atomic E-state index is -0.541. The molecular formula is C12H23NO5. The summed E-state index contributed by atoms with van der Waals surface area (Å²) in [5.41, 5.74) is -0.541. The molecule has 1 heterocycles. The molecule has 0 aromatic carbocycles. The van der Waals surface area contributed by atoms with Crippen molar-refractivity contribution >= 4 is 12.1 Å².